The number of benzene rings is 3. The first kappa shape index (κ1) is 27.7. The van der Waals surface area contributed by atoms with Gasteiger partial charge in [0.25, 0.3) is 0 Å². The molecule has 202 valence electrons. The van der Waals surface area contributed by atoms with E-state index in [9.17, 15) is 13.6 Å². The summed E-state index contributed by atoms with van der Waals surface area (Å²) in [6, 6.07) is 17.3. The molecule has 0 fully saturated rings. The molecule has 39 heavy (non-hydrogen) atoms. The number of nitrogens with one attached hydrogen (secondary N) is 2. The van der Waals surface area contributed by atoms with Crippen molar-refractivity contribution in [3.63, 3.8) is 0 Å². The van der Waals surface area contributed by atoms with E-state index >= 15 is 0 Å². The Balaban J connectivity index is 1.55. The zero-order valence-electron chi connectivity index (χ0n) is 22.3. The summed E-state index contributed by atoms with van der Waals surface area (Å²) in [6.45, 7) is 3.61. The fraction of sp³-hybridized carbons (Fsp3) is 0.226. The molecule has 4 aromatic rings. The van der Waals surface area contributed by atoms with Gasteiger partial charge < -0.3 is 15.0 Å². The maximum atomic E-state index is 14.2. The normalized spacial score (nSPS) is 12.1. The zero-order chi connectivity index (χ0) is 27.8. The molecule has 0 spiro atoms. The first-order chi connectivity index (χ1) is 18.9. The third kappa shape index (κ3) is 7.18. The number of hydrogen-bond acceptors (Lipinski definition) is 4. The molecule has 4 rings (SSSR count). The molecule has 0 unspecified atom stereocenters. The van der Waals surface area contributed by atoms with Gasteiger partial charge in [-0.15, -0.1) is 0 Å². The van der Waals surface area contributed by atoms with Crippen molar-refractivity contribution >= 4 is 28.0 Å². The number of H-pyrrole nitrogens is 1. The molecule has 6 nitrogen and oxygen atoms in total. The molecule has 0 atom stereocenters. The van der Waals surface area contributed by atoms with E-state index < -0.39 is 11.6 Å². The molecule has 1 aromatic heterocycles. The topological polar surface area (TPSA) is 70.2 Å². The van der Waals surface area contributed by atoms with Crippen molar-refractivity contribution in [1.29, 1.82) is 0 Å². The quantitative estimate of drug-likeness (QED) is 0.146. The number of aromatic amines is 1. The number of rotatable bonds is 11. The van der Waals surface area contributed by atoms with Crippen molar-refractivity contribution in [2.24, 2.45) is 0 Å². The molecule has 8 heteroatoms. The predicted molar refractivity (Wildman–Crippen MR) is 151 cm³/mol. The van der Waals surface area contributed by atoms with Crippen LogP contribution in [0.1, 0.15) is 30.0 Å². The molecular weight excluding hydrogens is 498 g/mol. The standard InChI is InChI=1S/C31H32F2N4O2/c1-4-28(23-17-25(32)19-26(33)18-23)31(22-9-12-29-24(16-22)20-35-36-29)21-7-10-27(11-8-21)39-15-14-34-13-5-6-30(38)37(2)3/h5-12,16-20,34H,4,13-15H2,1-3H3,(H,35,36). The van der Waals surface area contributed by atoms with Gasteiger partial charge in [0.15, 0.2) is 0 Å². The van der Waals surface area contributed by atoms with E-state index in [-0.39, 0.29) is 5.91 Å². The van der Waals surface area contributed by atoms with Crippen LogP contribution >= 0.6 is 0 Å². The monoisotopic (exact) mass is 530 g/mol. The van der Waals surface area contributed by atoms with Crippen LogP contribution in [-0.4, -0.2) is 54.8 Å². The van der Waals surface area contributed by atoms with Crippen molar-refractivity contribution in [3.05, 3.63) is 107 Å². The predicted octanol–water partition coefficient (Wildman–Crippen LogP) is 5.82. The van der Waals surface area contributed by atoms with E-state index in [0.29, 0.717) is 37.4 Å². The van der Waals surface area contributed by atoms with E-state index in [1.807, 2.05) is 49.4 Å². The van der Waals surface area contributed by atoms with Gasteiger partial charge in [0.1, 0.15) is 24.0 Å². The number of likely N-dealkylation sites (N-methyl/N-ethyl adjacent to an activating group) is 1. The lowest BCUT2D eigenvalue weighted by Crippen LogP contribution is -2.22. The van der Waals surface area contributed by atoms with E-state index in [1.165, 1.54) is 23.1 Å². The van der Waals surface area contributed by atoms with E-state index in [4.69, 9.17) is 4.74 Å². The molecular formula is C31H32F2N4O2. The van der Waals surface area contributed by atoms with Gasteiger partial charge in [-0.2, -0.15) is 5.10 Å². The molecule has 2 N–H and O–H groups in total. The smallest absolute Gasteiger partial charge is 0.245 e. The van der Waals surface area contributed by atoms with E-state index in [1.54, 1.807) is 26.4 Å². The second-order valence-electron chi connectivity index (χ2n) is 9.25. The number of allylic oxidation sites excluding steroid dienone is 1. The minimum Gasteiger partial charge on any atom is -0.492 e. The Kier molecular flexibility index (Phi) is 9.22. The Morgan fingerprint density at radius 3 is 2.41 bits per heavy atom. The minimum absolute atomic E-state index is 0.0555. The van der Waals surface area contributed by atoms with Crippen LogP contribution in [0.15, 0.2) is 79.0 Å². The zero-order valence-corrected chi connectivity index (χ0v) is 22.3. The Bertz CT molecular complexity index is 1470. The second-order valence-corrected chi connectivity index (χ2v) is 9.25. The third-order valence-electron chi connectivity index (χ3n) is 6.25. The van der Waals surface area contributed by atoms with Gasteiger partial charge in [0.2, 0.25) is 5.91 Å². The molecule has 1 heterocycles. The van der Waals surface area contributed by atoms with Crippen LogP contribution in [0.25, 0.3) is 22.0 Å². The van der Waals surface area contributed by atoms with Crippen molar-refractivity contribution in [1.82, 2.24) is 20.4 Å². The number of ether oxygens (including phenoxy) is 1. The summed E-state index contributed by atoms with van der Waals surface area (Å²) in [5, 5.41) is 11.2. The fourth-order valence-electron chi connectivity index (χ4n) is 4.32. The van der Waals surface area contributed by atoms with Crippen LogP contribution in [0.3, 0.4) is 0 Å². The van der Waals surface area contributed by atoms with Crippen LogP contribution in [0.5, 0.6) is 5.75 Å². The average molecular weight is 531 g/mol. The summed E-state index contributed by atoms with van der Waals surface area (Å²) in [5.74, 6) is -0.575. The number of hydrogen-bond donors (Lipinski definition) is 2. The lowest BCUT2D eigenvalue weighted by Gasteiger charge is -2.17. The van der Waals surface area contributed by atoms with Crippen molar-refractivity contribution < 1.29 is 18.3 Å². The van der Waals surface area contributed by atoms with E-state index in [0.717, 1.165) is 39.2 Å². The molecule has 0 aliphatic rings. The maximum absolute atomic E-state index is 14.2. The number of carbonyl (C=O) groups is 1. The summed E-state index contributed by atoms with van der Waals surface area (Å²) in [5.41, 5.74) is 4.95. The lowest BCUT2D eigenvalue weighted by molar-refractivity contribution is -0.123. The summed E-state index contributed by atoms with van der Waals surface area (Å²) in [7, 11) is 3.42. The van der Waals surface area contributed by atoms with E-state index in [2.05, 4.69) is 15.5 Å². The van der Waals surface area contributed by atoms with Crippen LogP contribution < -0.4 is 10.1 Å². The first-order valence-corrected chi connectivity index (χ1v) is 12.8. The Morgan fingerprint density at radius 1 is 1.00 bits per heavy atom. The fourth-order valence-corrected chi connectivity index (χ4v) is 4.32. The van der Waals surface area contributed by atoms with Gasteiger partial charge in [0.05, 0.1) is 11.7 Å². The Hall–Kier alpha value is -4.30. The summed E-state index contributed by atoms with van der Waals surface area (Å²) in [4.78, 5) is 13.1. The summed E-state index contributed by atoms with van der Waals surface area (Å²) < 4.78 is 34.2. The number of aromatic nitrogens is 2. The second kappa shape index (κ2) is 13.0. The number of nitrogens with zero attached hydrogens (tertiary/aromatic N) is 2. The van der Waals surface area contributed by atoms with Gasteiger partial charge in [-0.05, 0) is 70.7 Å². The molecule has 0 saturated carbocycles. The third-order valence-corrected chi connectivity index (χ3v) is 6.25. The summed E-state index contributed by atoms with van der Waals surface area (Å²) in [6.07, 6.45) is 5.64. The molecule has 0 saturated heterocycles. The van der Waals surface area contributed by atoms with Crippen molar-refractivity contribution in [2.75, 3.05) is 33.8 Å². The highest BCUT2D eigenvalue weighted by atomic mass is 19.1. The Labute approximate surface area is 227 Å². The van der Waals surface area contributed by atoms with Crippen LogP contribution in [0.4, 0.5) is 8.78 Å². The first-order valence-electron chi connectivity index (χ1n) is 12.8. The van der Waals surface area contributed by atoms with Gasteiger partial charge in [0, 0.05) is 44.7 Å². The van der Waals surface area contributed by atoms with Gasteiger partial charge >= 0.3 is 0 Å². The molecule has 0 radical (unpaired) electrons. The van der Waals surface area contributed by atoms with Crippen molar-refractivity contribution in [3.8, 4) is 5.75 Å². The van der Waals surface area contributed by atoms with Crippen LogP contribution in [0, 0.1) is 11.6 Å². The highest BCUT2D eigenvalue weighted by Crippen LogP contribution is 2.36. The Morgan fingerprint density at radius 2 is 1.72 bits per heavy atom. The van der Waals surface area contributed by atoms with Crippen LogP contribution in [0.2, 0.25) is 0 Å². The van der Waals surface area contributed by atoms with Crippen molar-refractivity contribution in [2.45, 2.75) is 13.3 Å². The highest BCUT2D eigenvalue weighted by molar-refractivity contribution is 6.00. The molecule has 1 amide bonds. The molecule has 0 bridgehead atoms. The number of amides is 1. The highest BCUT2D eigenvalue weighted by Gasteiger charge is 2.16. The van der Waals surface area contributed by atoms with Crippen LogP contribution in [-0.2, 0) is 4.79 Å². The van der Waals surface area contributed by atoms with Gasteiger partial charge in [-0.1, -0.05) is 31.2 Å². The SMILES string of the molecule is CCC(=C(c1ccc(OCCNCC=CC(=O)N(C)C)cc1)c1ccc2[nH]ncc2c1)c1cc(F)cc(F)c1. The molecule has 0 aliphatic carbocycles. The largest absolute Gasteiger partial charge is 0.492 e. The van der Waals surface area contributed by atoms with Gasteiger partial charge in [-0.3, -0.25) is 9.89 Å². The lowest BCUT2D eigenvalue weighted by atomic mass is 9.87. The number of halogens is 2. The van der Waals surface area contributed by atoms with Gasteiger partial charge in [-0.25, -0.2) is 8.78 Å². The maximum Gasteiger partial charge on any atom is 0.245 e. The number of fused-ring (bicyclic) bond motifs is 1. The number of carbonyl (C=O) groups excluding carboxylic acids is 1. The molecule has 0 aliphatic heterocycles. The minimum atomic E-state index is -0.613. The molecule has 3 aromatic carbocycles. The average Bonchev–Trinajstić information content (AvgIpc) is 3.39. The summed E-state index contributed by atoms with van der Waals surface area (Å²) >= 11 is 0.